The lowest BCUT2D eigenvalue weighted by molar-refractivity contribution is 0.375. The van der Waals surface area contributed by atoms with Crippen LogP contribution in [0.4, 0.5) is 11.4 Å². The maximum absolute atomic E-state index is 10.1. The molecule has 0 spiro atoms. The molecule has 9 heteroatoms. The number of hydrogen-bond donors (Lipinski definition) is 4. The van der Waals surface area contributed by atoms with Crippen LogP contribution in [0.25, 0.3) is 32.3 Å². The fourth-order valence-electron chi connectivity index (χ4n) is 4.69. The fourth-order valence-corrected chi connectivity index (χ4v) is 5.37. The number of rotatable bonds is 3. The monoisotopic (exact) mass is 867 g/mol. The third-order valence-electron chi connectivity index (χ3n) is 7.02. The number of aromatic hydroxyl groups is 1. The Hall–Kier alpha value is -5.45. The molecule has 7 rings (SSSR count). The quantitative estimate of drug-likeness (QED) is 0.132. The van der Waals surface area contributed by atoms with Crippen LogP contribution in [-0.2, 0) is 0 Å². The summed E-state index contributed by atoms with van der Waals surface area (Å²) in [6.07, 6.45) is 2.50. The highest BCUT2D eigenvalue weighted by molar-refractivity contribution is 8.19. The van der Waals surface area contributed by atoms with Gasteiger partial charge in [-0.2, -0.15) is 20.5 Å². The first kappa shape index (κ1) is 60.9. The molecule has 8 nitrogen and oxygen atoms in total. The Kier molecular flexibility index (Phi) is 38.9. The van der Waals surface area contributed by atoms with E-state index < -0.39 is 10.9 Å². The molecule has 7 aromatic rings. The third kappa shape index (κ3) is 24.7. The second-order valence-electron chi connectivity index (χ2n) is 11.9. The Balaban J connectivity index is -0.000000697. The van der Waals surface area contributed by atoms with E-state index in [0.29, 0.717) is 10.8 Å². The number of phenols is 1. The topological polar surface area (TPSA) is 130 Å². The molecule has 7 aromatic carbocycles. The van der Waals surface area contributed by atoms with Gasteiger partial charge in [0, 0.05) is 19.5 Å². The van der Waals surface area contributed by atoms with Gasteiger partial charge in [-0.05, 0) is 52.1 Å². The first-order valence-electron chi connectivity index (χ1n) is 21.8. The lowest BCUT2D eigenvalue weighted by atomic mass is 10.1. The highest BCUT2D eigenvalue weighted by Gasteiger charge is 2.24. The highest BCUT2D eigenvalue weighted by atomic mass is 32.3. The molecule has 0 aliphatic heterocycles. The van der Waals surface area contributed by atoms with E-state index in [-0.39, 0.29) is 16.3 Å². The van der Waals surface area contributed by atoms with Gasteiger partial charge < -0.3 is 18.8 Å². The summed E-state index contributed by atoms with van der Waals surface area (Å²) in [6.45, 7) is 26.5. The summed E-state index contributed by atoms with van der Waals surface area (Å²) in [6, 6.07) is 49.5. The van der Waals surface area contributed by atoms with E-state index >= 15 is 0 Å². The van der Waals surface area contributed by atoms with Gasteiger partial charge in [0.05, 0.1) is 10.6 Å². The molecule has 0 unspecified atom stereocenters. The Morgan fingerprint density at radius 3 is 1.02 bits per heavy atom. The molecule has 0 radical (unpaired) electrons. The van der Waals surface area contributed by atoms with E-state index in [0.717, 1.165) is 5.69 Å². The summed E-state index contributed by atoms with van der Waals surface area (Å²) < 4.78 is 28.1. The minimum Gasteiger partial charge on any atom is -0.505 e. The zero-order valence-electron chi connectivity index (χ0n) is 40.3. The number of benzene rings is 7. The summed E-state index contributed by atoms with van der Waals surface area (Å²) in [5, 5.41) is 31.0. The van der Waals surface area contributed by atoms with Gasteiger partial charge >= 0.3 is 0 Å². The predicted octanol–water partition coefficient (Wildman–Crippen LogP) is 19.2. The van der Waals surface area contributed by atoms with E-state index in [1.807, 2.05) is 86.6 Å². The van der Waals surface area contributed by atoms with Crippen LogP contribution < -0.4 is 0 Å². The fraction of sp³-hybridized carbons (Fsp3) is 0.321. The first-order chi connectivity index (χ1) is 30.0. The molecule has 0 saturated carbocycles. The van der Waals surface area contributed by atoms with Crippen molar-refractivity contribution in [1.29, 1.82) is 0 Å². The van der Waals surface area contributed by atoms with E-state index in [9.17, 15) is 18.8 Å². The maximum atomic E-state index is 10.1. The van der Waals surface area contributed by atoms with Gasteiger partial charge in [-0.15, -0.1) is 0 Å². The van der Waals surface area contributed by atoms with Crippen molar-refractivity contribution in [3.05, 3.63) is 157 Å². The minimum atomic E-state index is -3.98. The molecule has 4 N–H and O–H groups in total. The predicted molar refractivity (Wildman–Crippen MR) is 277 cm³/mol. The van der Waals surface area contributed by atoms with Gasteiger partial charge in [0.1, 0.15) is 16.6 Å². The largest absolute Gasteiger partial charge is 0.505 e. The number of aryl methyl sites for hydroxylation is 1. The van der Waals surface area contributed by atoms with E-state index in [2.05, 4.69) is 145 Å². The van der Waals surface area contributed by atoms with Crippen molar-refractivity contribution in [3.8, 4) is 5.75 Å². The molecule has 0 amide bonds. The van der Waals surface area contributed by atoms with Gasteiger partial charge in [0.15, 0.2) is 5.75 Å². The number of nitrogens with zero attached hydrogens (tertiary/aromatic N) is 4. The van der Waals surface area contributed by atoms with E-state index in [1.54, 1.807) is 31.3 Å². The molecule has 0 fully saturated rings. The average Bonchev–Trinajstić information content (AvgIpc) is 3.32. The van der Waals surface area contributed by atoms with Crippen molar-refractivity contribution < 1.29 is 18.8 Å². The number of phenolic OH excluding ortho intramolecular Hbond substituents is 1. The normalized spacial score (nSPS) is 9.77. The molecule has 0 bridgehead atoms. The van der Waals surface area contributed by atoms with Crippen LogP contribution in [-0.4, -0.2) is 32.9 Å². The summed E-state index contributed by atoms with van der Waals surface area (Å²) >= 11 is 0. The molecular weight excluding hydrogens is 789 g/mol. The molecule has 0 aliphatic carbocycles. The summed E-state index contributed by atoms with van der Waals surface area (Å²) in [4.78, 5) is -0.246. The summed E-state index contributed by atoms with van der Waals surface area (Å²) in [5.74, 6) is -0.247. The van der Waals surface area contributed by atoms with Crippen LogP contribution in [0.2, 0.25) is 0 Å². The van der Waals surface area contributed by atoms with E-state index in [4.69, 9.17) is 0 Å². The third-order valence-corrected chi connectivity index (χ3v) is 7.92. The second kappa shape index (κ2) is 39.7. The Morgan fingerprint density at radius 2 is 0.726 bits per heavy atom. The molecular formula is C53H78N4O4S. The van der Waals surface area contributed by atoms with Crippen molar-refractivity contribution in [2.45, 2.75) is 108 Å². The Bertz CT molecular complexity index is 1960. The smallest absolute Gasteiger partial charge is 0.152 e. The molecule has 0 saturated heterocycles. The molecule has 0 heterocycles. The average molecular weight is 867 g/mol. The van der Waals surface area contributed by atoms with E-state index in [1.165, 1.54) is 53.1 Å². The Morgan fingerprint density at radius 1 is 0.435 bits per heavy atom. The van der Waals surface area contributed by atoms with Crippen molar-refractivity contribution in [2.75, 3.05) is 14.1 Å². The van der Waals surface area contributed by atoms with Crippen LogP contribution in [0.1, 0.15) is 101 Å². The molecule has 62 heavy (non-hydrogen) atoms. The molecule has 0 aliphatic rings. The SMILES string of the molecule is CC.CC.CC.CC.CCC.CCC.CN=Nc1c(S(O)(O)O)cc2ccccc2c1O.CN=Nc1ccc(C)cc1.c1ccc2ccccc2c1.c1ccc2ccccc2c1. The lowest BCUT2D eigenvalue weighted by Gasteiger charge is -2.21. The van der Waals surface area contributed by atoms with Crippen LogP contribution in [0.15, 0.2) is 177 Å². The Labute approximate surface area is 377 Å². The van der Waals surface area contributed by atoms with Gasteiger partial charge in [0.25, 0.3) is 0 Å². The number of hydrogen-bond acceptors (Lipinski definition) is 8. The second-order valence-corrected chi connectivity index (χ2v) is 13.3. The van der Waals surface area contributed by atoms with Gasteiger partial charge in [0.2, 0.25) is 0 Å². The van der Waals surface area contributed by atoms with Crippen molar-refractivity contribution in [1.82, 2.24) is 0 Å². The zero-order valence-corrected chi connectivity index (χ0v) is 41.2. The van der Waals surface area contributed by atoms with Gasteiger partial charge in [-0.3, -0.25) is 0 Å². The number of azo groups is 2. The van der Waals surface area contributed by atoms with Crippen LogP contribution in [0.3, 0.4) is 0 Å². The number of fused-ring (bicyclic) bond motifs is 3. The molecule has 0 aromatic heterocycles. The van der Waals surface area contributed by atoms with Gasteiger partial charge in [-0.25, -0.2) is 0 Å². The van der Waals surface area contributed by atoms with Crippen molar-refractivity contribution in [2.24, 2.45) is 20.5 Å². The first-order valence-corrected chi connectivity index (χ1v) is 23.3. The van der Waals surface area contributed by atoms with Crippen LogP contribution in [0, 0.1) is 6.92 Å². The maximum Gasteiger partial charge on any atom is 0.152 e. The zero-order chi connectivity index (χ0) is 47.8. The summed E-state index contributed by atoms with van der Waals surface area (Å²) in [5.41, 5.74) is 2.02. The van der Waals surface area contributed by atoms with Crippen LogP contribution >= 0.6 is 10.9 Å². The standard InChI is InChI=1S/C11H12N2O4S.2C10H8.C8H10N2.2C3H8.4C2H6/c1-12-13-10-9(18(15,16)17)6-7-4-2-3-5-8(7)11(10)14;2*1-2-6-10-8-4-3-7-9(10)5-1;1-7-3-5-8(6-4-7)10-9-2;2*1-3-2;4*1-2/h2-6,14-17H,1H3;2*1-8H;3-6H,1-2H3;2*3H2,1-2H3;4*1-2H3. The minimum absolute atomic E-state index is 0.140. The lowest BCUT2D eigenvalue weighted by Crippen LogP contribution is -1.96. The molecule has 0 atom stereocenters. The van der Waals surface area contributed by atoms with Crippen LogP contribution in [0.5, 0.6) is 5.75 Å². The highest BCUT2D eigenvalue weighted by Crippen LogP contribution is 2.53. The molecule has 340 valence electrons. The van der Waals surface area contributed by atoms with Gasteiger partial charge in [-0.1, -0.05) is 235 Å². The summed E-state index contributed by atoms with van der Waals surface area (Å²) in [7, 11) is -0.940. The van der Waals surface area contributed by atoms with Crippen molar-refractivity contribution >= 4 is 54.6 Å². The van der Waals surface area contributed by atoms with Crippen molar-refractivity contribution in [3.63, 3.8) is 0 Å².